The highest BCUT2D eigenvalue weighted by atomic mass is 16.6. The second-order valence-corrected chi connectivity index (χ2v) is 18.9. The molecule has 1 unspecified atom stereocenters. The van der Waals surface area contributed by atoms with Crippen molar-refractivity contribution in [3.63, 3.8) is 0 Å². The molecule has 0 aromatic heterocycles. The number of carbonyl (C=O) groups is 5. The van der Waals surface area contributed by atoms with E-state index in [9.17, 15) is 24.0 Å². The molecule has 14 heteroatoms. The van der Waals surface area contributed by atoms with E-state index in [2.05, 4.69) is 27.7 Å². The van der Waals surface area contributed by atoms with Gasteiger partial charge in [-0.3, -0.25) is 24.0 Å². The van der Waals surface area contributed by atoms with Gasteiger partial charge in [0.1, 0.15) is 24.9 Å². The molecule has 0 aromatic rings. The Morgan fingerprint density at radius 2 is 0.806 bits per heavy atom. The fourth-order valence-electron chi connectivity index (χ4n) is 7.74. The molecule has 0 aromatic carbocycles. The molecule has 0 radical (unpaired) electrons. The van der Waals surface area contributed by atoms with Crippen molar-refractivity contribution < 1.29 is 61.9 Å². The van der Waals surface area contributed by atoms with E-state index in [0.717, 1.165) is 135 Å². The van der Waals surface area contributed by atoms with Crippen molar-refractivity contribution >= 4 is 29.8 Å². The van der Waals surface area contributed by atoms with Crippen molar-refractivity contribution in [2.45, 2.75) is 226 Å². The maximum atomic E-state index is 12.7. The monoisotopic (exact) mass is 956 g/mol. The summed E-state index contributed by atoms with van der Waals surface area (Å²) in [6, 6.07) is 0. The molecule has 0 amide bonds. The molecule has 67 heavy (non-hydrogen) atoms. The van der Waals surface area contributed by atoms with Crippen LogP contribution in [0.4, 0.5) is 0 Å². The lowest BCUT2D eigenvalue weighted by atomic mass is 10.1. The lowest BCUT2D eigenvalue weighted by Gasteiger charge is -2.25. The van der Waals surface area contributed by atoms with Crippen molar-refractivity contribution in [2.24, 2.45) is 11.8 Å². The Kier molecular flexibility index (Phi) is 40.1. The lowest BCUT2D eigenvalue weighted by molar-refractivity contribution is -0.153. The zero-order valence-corrected chi connectivity index (χ0v) is 43.3. The second-order valence-electron chi connectivity index (χ2n) is 18.9. The van der Waals surface area contributed by atoms with E-state index in [1.54, 1.807) is 0 Å². The van der Waals surface area contributed by atoms with Crippen LogP contribution in [0.15, 0.2) is 0 Å². The summed E-state index contributed by atoms with van der Waals surface area (Å²) in [5, 5.41) is 0. The Hall–Kier alpha value is -2.81. The fourth-order valence-corrected chi connectivity index (χ4v) is 7.74. The number of rotatable bonds is 46. The molecule has 1 heterocycles. The van der Waals surface area contributed by atoms with Gasteiger partial charge in [-0.25, -0.2) is 0 Å². The number of hydrogen-bond acceptors (Lipinski definition) is 14. The topological polar surface area (TPSA) is 162 Å². The van der Waals surface area contributed by atoms with Gasteiger partial charge in [-0.1, -0.05) is 130 Å². The van der Waals surface area contributed by atoms with Crippen molar-refractivity contribution in [3.8, 4) is 0 Å². The zero-order chi connectivity index (χ0) is 49.2. The van der Waals surface area contributed by atoms with Crippen LogP contribution in [0.5, 0.6) is 0 Å². The average Bonchev–Trinajstić information content (AvgIpc) is 3.69. The average molecular weight is 956 g/mol. The number of carbonyl (C=O) groups excluding carboxylic acids is 5. The number of unbranched alkanes of at least 4 members (excludes halogenated alkanes) is 16. The minimum Gasteiger partial charge on any atom is -0.465 e. The maximum Gasteiger partial charge on any atom is 0.305 e. The number of esters is 5. The predicted molar refractivity (Wildman–Crippen MR) is 262 cm³/mol. The van der Waals surface area contributed by atoms with Crippen LogP contribution >= 0.6 is 0 Å². The van der Waals surface area contributed by atoms with Crippen LogP contribution in [0, 0.1) is 11.8 Å². The highest BCUT2D eigenvalue weighted by Gasteiger charge is 2.40. The van der Waals surface area contributed by atoms with Gasteiger partial charge in [0.25, 0.3) is 0 Å². The SMILES string of the molecule is CCCCCCCC(=O)OCC(CCO[C@H]1COC(COC(=O)CCCN(C)C)[C@@H]1OCCC(COC(=O)CCCCCCC)COC(=O)CCCCCCC)COC(=O)CCCCCCC. The summed E-state index contributed by atoms with van der Waals surface area (Å²) in [4.78, 5) is 65.4. The molecule has 1 saturated heterocycles. The molecular weight excluding hydrogens is 859 g/mol. The molecule has 1 fully saturated rings. The zero-order valence-electron chi connectivity index (χ0n) is 43.3. The van der Waals surface area contributed by atoms with Crippen LogP contribution in [-0.2, 0) is 61.9 Å². The molecular formula is C53H97NO13. The molecule has 0 saturated carbocycles. The van der Waals surface area contributed by atoms with Gasteiger partial charge in [-0.2, -0.15) is 0 Å². The molecule has 0 bridgehead atoms. The van der Waals surface area contributed by atoms with Gasteiger partial charge in [0.15, 0.2) is 0 Å². The van der Waals surface area contributed by atoms with Crippen LogP contribution < -0.4 is 0 Å². The van der Waals surface area contributed by atoms with Crippen LogP contribution in [-0.4, -0.2) is 127 Å². The highest BCUT2D eigenvalue weighted by Crippen LogP contribution is 2.24. The molecule has 1 aliphatic heterocycles. The Bertz CT molecular complexity index is 1190. The van der Waals surface area contributed by atoms with E-state index in [-0.39, 0.29) is 101 Å². The standard InChI is InChI=1S/C53H97NO13/c1-7-11-15-19-23-28-48(55)63-38-44(39-64-49(56)29-24-20-16-12-8-2)33-36-60-46-42-62-47(43-67-52(59)32-27-35-54(5)6)53(46)61-37-34-45(40-65-50(57)30-25-21-17-13-9-3)41-66-51(58)31-26-22-18-14-10-4/h44-47,53H,7-43H2,1-6H3/t46-,47?,53+/m0/s1. The Labute approximate surface area is 406 Å². The van der Waals surface area contributed by atoms with Gasteiger partial charge < -0.3 is 42.8 Å². The van der Waals surface area contributed by atoms with Crippen LogP contribution in [0.25, 0.3) is 0 Å². The van der Waals surface area contributed by atoms with Gasteiger partial charge in [0.2, 0.25) is 0 Å². The van der Waals surface area contributed by atoms with Gasteiger partial charge in [-0.05, 0) is 65.6 Å². The largest absolute Gasteiger partial charge is 0.465 e. The van der Waals surface area contributed by atoms with E-state index in [1.807, 2.05) is 19.0 Å². The summed E-state index contributed by atoms with van der Waals surface area (Å²) >= 11 is 0. The predicted octanol–water partition coefficient (Wildman–Crippen LogP) is 10.7. The summed E-state index contributed by atoms with van der Waals surface area (Å²) in [5.41, 5.74) is 0. The van der Waals surface area contributed by atoms with Crippen LogP contribution in [0.3, 0.4) is 0 Å². The second kappa shape index (κ2) is 43.2. The van der Waals surface area contributed by atoms with Crippen LogP contribution in [0.2, 0.25) is 0 Å². The van der Waals surface area contributed by atoms with E-state index in [4.69, 9.17) is 37.9 Å². The van der Waals surface area contributed by atoms with Gasteiger partial charge in [0, 0.05) is 57.2 Å². The number of ether oxygens (including phenoxy) is 8. The summed E-state index contributed by atoms with van der Waals surface area (Å²) in [6.45, 7) is 10.5. The summed E-state index contributed by atoms with van der Waals surface area (Å²) in [6.07, 6.45) is 22.1. The van der Waals surface area contributed by atoms with Crippen molar-refractivity contribution in [2.75, 3.05) is 73.5 Å². The van der Waals surface area contributed by atoms with E-state index >= 15 is 0 Å². The minimum atomic E-state index is -0.596. The molecule has 0 N–H and O–H groups in total. The lowest BCUT2D eigenvalue weighted by Crippen LogP contribution is -2.39. The molecule has 1 rings (SSSR count). The molecule has 0 aliphatic carbocycles. The van der Waals surface area contributed by atoms with E-state index in [1.165, 1.54) is 0 Å². The fraction of sp³-hybridized carbons (Fsp3) is 0.906. The molecule has 0 spiro atoms. The first kappa shape index (κ1) is 62.2. The summed E-state index contributed by atoms with van der Waals surface area (Å²) in [7, 11) is 3.91. The van der Waals surface area contributed by atoms with Crippen LogP contribution in [0.1, 0.15) is 207 Å². The van der Waals surface area contributed by atoms with Gasteiger partial charge in [0.05, 0.1) is 33.0 Å². The quantitative estimate of drug-likeness (QED) is 0.0322. The third kappa shape index (κ3) is 35.9. The van der Waals surface area contributed by atoms with Gasteiger partial charge >= 0.3 is 29.8 Å². The van der Waals surface area contributed by atoms with E-state index in [0.29, 0.717) is 44.9 Å². The van der Waals surface area contributed by atoms with Crippen molar-refractivity contribution in [1.82, 2.24) is 4.90 Å². The third-order valence-electron chi connectivity index (χ3n) is 12.2. The number of nitrogens with zero attached hydrogens (tertiary/aromatic N) is 1. The highest BCUT2D eigenvalue weighted by molar-refractivity contribution is 5.70. The van der Waals surface area contributed by atoms with Gasteiger partial charge in [-0.15, -0.1) is 0 Å². The Morgan fingerprint density at radius 1 is 0.463 bits per heavy atom. The van der Waals surface area contributed by atoms with Crippen molar-refractivity contribution in [1.29, 1.82) is 0 Å². The summed E-state index contributed by atoms with van der Waals surface area (Å²) < 4.78 is 47.5. The minimum absolute atomic E-state index is 0.00803. The van der Waals surface area contributed by atoms with E-state index < -0.39 is 18.3 Å². The molecule has 392 valence electrons. The first-order valence-corrected chi connectivity index (χ1v) is 26.8. The smallest absolute Gasteiger partial charge is 0.305 e. The maximum absolute atomic E-state index is 12.7. The molecule has 3 atom stereocenters. The first-order valence-electron chi connectivity index (χ1n) is 26.8. The Morgan fingerprint density at radius 3 is 1.18 bits per heavy atom. The first-order chi connectivity index (χ1) is 32.5. The molecule has 14 nitrogen and oxygen atoms in total. The third-order valence-corrected chi connectivity index (χ3v) is 12.2. The normalized spacial score (nSPS) is 15.9. The number of hydrogen-bond donors (Lipinski definition) is 0. The Balaban J connectivity index is 3.02. The van der Waals surface area contributed by atoms with Crippen molar-refractivity contribution in [3.05, 3.63) is 0 Å². The summed E-state index contributed by atoms with van der Waals surface area (Å²) in [5.74, 6) is -1.91. The molecule has 1 aliphatic rings.